The highest BCUT2D eigenvalue weighted by Crippen LogP contribution is 2.17. The van der Waals surface area contributed by atoms with Crippen molar-refractivity contribution in [1.29, 1.82) is 0 Å². The van der Waals surface area contributed by atoms with Crippen molar-refractivity contribution in [2.75, 3.05) is 11.4 Å². The molecule has 0 saturated heterocycles. The van der Waals surface area contributed by atoms with E-state index in [1.807, 2.05) is 0 Å². The number of carbonyl (C=O) groups is 2. The fraction of sp³-hybridized carbons (Fsp3) is 0.133. The van der Waals surface area contributed by atoms with Crippen molar-refractivity contribution in [2.24, 2.45) is 0 Å². The summed E-state index contributed by atoms with van der Waals surface area (Å²) in [5.41, 5.74) is 1.51. The molecule has 2 rings (SSSR count). The summed E-state index contributed by atoms with van der Waals surface area (Å²) in [7, 11) is 0. The minimum atomic E-state index is -1.07. The van der Waals surface area contributed by atoms with Gasteiger partial charge < -0.3 is 5.11 Å². The van der Waals surface area contributed by atoms with Crippen LogP contribution < -0.4 is 4.90 Å². The number of carboxylic acids is 1. The van der Waals surface area contributed by atoms with Crippen LogP contribution in [0, 0.1) is 6.92 Å². The molecule has 0 radical (unpaired) electrons. The van der Waals surface area contributed by atoms with Gasteiger partial charge in [-0.15, -0.1) is 0 Å². The van der Waals surface area contributed by atoms with Gasteiger partial charge in [-0.3, -0.25) is 19.5 Å². The molecule has 0 saturated carbocycles. The van der Waals surface area contributed by atoms with E-state index >= 15 is 0 Å². The van der Waals surface area contributed by atoms with Crippen LogP contribution in [0.25, 0.3) is 0 Å². The van der Waals surface area contributed by atoms with Crippen molar-refractivity contribution in [3.05, 3.63) is 59.9 Å². The number of carbonyl (C=O) groups excluding carboxylic acids is 1. The normalized spacial score (nSPS) is 10.1. The number of aryl methyl sites for hydroxylation is 1. The molecule has 5 heteroatoms. The van der Waals surface area contributed by atoms with Crippen molar-refractivity contribution >= 4 is 17.6 Å². The smallest absolute Gasteiger partial charge is 0.323 e. The second-order valence-corrected chi connectivity index (χ2v) is 4.29. The Labute approximate surface area is 116 Å². The summed E-state index contributed by atoms with van der Waals surface area (Å²) in [6, 6.07) is 12.2. The van der Waals surface area contributed by atoms with E-state index in [0.29, 0.717) is 11.3 Å². The molecule has 0 fully saturated rings. The Kier molecular flexibility index (Phi) is 4.10. The van der Waals surface area contributed by atoms with Gasteiger partial charge in [0, 0.05) is 11.9 Å². The van der Waals surface area contributed by atoms with Crippen LogP contribution in [0.1, 0.15) is 16.1 Å². The van der Waals surface area contributed by atoms with Crippen LogP contribution in [0.2, 0.25) is 0 Å². The molecule has 0 aliphatic rings. The molecule has 0 atom stereocenters. The maximum absolute atomic E-state index is 12.5. The van der Waals surface area contributed by atoms with E-state index < -0.39 is 18.4 Å². The third kappa shape index (κ3) is 3.00. The van der Waals surface area contributed by atoms with Gasteiger partial charge in [0.05, 0.1) is 0 Å². The number of benzene rings is 1. The molecule has 2 aromatic rings. The minimum Gasteiger partial charge on any atom is -0.480 e. The number of hydrogen-bond donors (Lipinski definition) is 1. The Morgan fingerprint density at radius 2 is 1.85 bits per heavy atom. The molecule has 1 aromatic heterocycles. The van der Waals surface area contributed by atoms with Gasteiger partial charge in [-0.25, -0.2) is 0 Å². The predicted molar refractivity (Wildman–Crippen MR) is 74.7 cm³/mol. The monoisotopic (exact) mass is 270 g/mol. The summed E-state index contributed by atoms with van der Waals surface area (Å²) in [6.07, 6.45) is 1.52. The van der Waals surface area contributed by atoms with Crippen LogP contribution in [0.15, 0.2) is 48.7 Å². The van der Waals surface area contributed by atoms with E-state index in [1.165, 1.54) is 11.1 Å². The van der Waals surface area contributed by atoms with E-state index in [2.05, 4.69) is 4.98 Å². The van der Waals surface area contributed by atoms with Crippen molar-refractivity contribution in [3.63, 3.8) is 0 Å². The first-order valence-electron chi connectivity index (χ1n) is 6.10. The largest absolute Gasteiger partial charge is 0.480 e. The Bertz CT molecular complexity index is 626. The number of aromatic nitrogens is 1. The van der Waals surface area contributed by atoms with Gasteiger partial charge in [-0.2, -0.15) is 0 Å². The number of amides is 1. The molecule has 0 unspecified atom stereocenters. The Morgan fingerprint density at radius 3 is 2.45 bits per heavy atom. The van der Waals surface area contributed by atoms with Gasteiger partial charge in [0.15, 0.2) is 0 Å². The molecule has 0 bridgehead atoms. The zero-order chi connectivity index (χ0) is 14.5. The maximum Gasteiger partial charge on any atom is 0.323 e. The second-order valence-electron chi connectivity index (χ2n) is 4.29. The highest BCUT2D eigenvalue weighted by atomic mass is 16.4. The molecular formula is C15H14N2O3. The molecule has 1 amide bonds. The lowest BCUT2D eigenvalue weighted by Crippen LogP contribution is -2.36. The zero-order valence-corrected chi connectivity index (χ0v) is 11.0. The average molecular weight is 270 g/mol. The fourth-order valence-electron chi connectivity index (χ4n) is 1.86. The number of nitrogens with zero attached hydrogens (tertiary/aromatic N) is 2. The molecule has 0 aliphatic carbocycles. The standard InChI is InChI=1S/C15H14N2O3/c1-11-6-5-9-16-14(11)15(20)17(10-13(18)19)12-7-3-2-4-8-12/h2-9H,10H2,1H3,(H,18,19). The van der Waals surface area contributed by atoms with Crippen molar-refractivity contribution < 1.29 is 14.7 Å². The SMILES string of the molecule is Cc1cccnc1C(=O)N(CC(=O)O)c1ccccc1. The summed E-state index contributed by atoms with van der Waals surface area (Å²) in [5, 5.41) is 9.00. The lowest BCUT2D eigenvalue weighted by molar-refractivity contribution is -0.135. The van der Waals surface area contributed by atoms with E-state index in [4.69, 9.17) is 5.11 Å². The maximum atomic E-state index is 12.5. The van der Waals surface area contributed by atoms with Gasteiger partial charge >= 0.3 is 5.97 Å². The topological polar surface area (TPSA) is 70.5 Å². The van der Waals surface area contributed by atoms with E-state index in [1.54, 1.807) is 49.4 Å². The molecule has 0 spiro atoms. The summed E-state index contributed by atoms with van der Waals surface area (Å²) < 4.78 is 0. The first kappa shape index (κ1) is 13.7. The number of aliphatic carboxylic acids is 1. The molecule has 1 aromatic carbocycles. The van der Waals surface area contributed by atoms with Gasteiger partial charge in [0.1, 0.15) is 12.2 Å². The first-order chi connectivity index (χ1) is 9.59. The van der Waals surface area contributed by atoms with E-state index in [0.717, 1.165) is 0 Å². The summed E-state index contributed by atoms with van der Waals surface area (Å²) >= 11 is 0. The predicted octanol–water partition coefficient (Wildman–Crippen LogP) is 2.12. The van der Waals surface area contributed by atoms with Gasteiger partial charge in [0.2, 0.25) is 0 Å². The molecule has 5 nitrogen and oxygen atoms in total. The van der Waals surface area contributed by atoms with Gasteiger partial charge in [0.25, 0.3) is 5.91 Å². The Morgan fingerprint density at radius 1 is 1.15 bits per heavy atom. The number of anilines is 1. The minimum absolute atomic E-state index is 0.262. The fourth-order valence-corrected chi connectivity index (χ4v) is 1.86. The number of para-hydroxylation sites is 1. The summed E-state index contributed by atoms with van der Waals surface area (Å²) in [6.45, 7) is 1.36. The highest BCUT2D eigenvalue weighted by Gasteiger charge is 2.22. The third-order valence-corrected chi connectivity index (χ3v) is 2.82. The van der Waals surface area contributed by atoms with Crippen molar-refractivity contribution in [3.8, 4) is 0 Å². The molecule has 102 valence electrons. The Hall–Kier alpha value is -2.69. The lowest BCUT2D eigenvalue weighted by atomic mass is 10.2. The number of hydrogen-bond acceptors (Lipinski definition) is 3. The number of pyridine rings is 1. The zero-order valence-electron chi connectivity index (χ0n) is 11.0. The van der Waals surface area contributed by atoms with Crippen LogP contribution >= 0.6 is 0 Å². The molecule has 1 heterocycles. The van der Waals surface area contributed by atoms with Crippen molar-refractivity contribution in [1.82, 2.24) is 4.98 Å². The van der Waals surface area contributed by atoms with E-state index in [-0.39, 0.29) is 5.69 Å². The van der Waals surface area contributed by atoms with Gasteiger partial charge in [-0.1, -0.05) is 24.3 Å². The third-order valence-electron chi connectivity index (χ3n) is 2.82. The van der Waals surface area contributed by atoms with Crippen LogP contribution in [0.5, 0.6) is 0 Å². The summed E-state index contributed by atoms with van der Waals surface area (Å²) in [4.78, 5) is 28.7. The highest BCUT2D eigenvalue weighted by molar-refractivity contribution is 6.07. The van der Waals surface area contributed by atoms with E-state index in [9.17, 15) is 9.59 Å². The first-order valence-corrected chi connectivity index (χ1v) is 6.10. The number of rotatable bonds is 4. The molecular weight excluding hydrogens is 256 g/mol. The summed E-state index contributed by atoms with van der Waals surface area (Å²) in [5.74, 6) is -1.49. The van der Waals surface area contributed by atoms with Gasteiger partial charge in [-0.05, 0) is 30.7 Å². The number of carboxylic acid groups (broad SMARTS) is 1. The lowest BCUT2D eigenvalue weighted by Gasteiger charge is -2.21. The molecule has 1 N–H and O–H groups in total. The van der Waals surface area contributed by atoms with Crippen molar-refractivity contribution in [2.45, 2.75) is 6.92 Å². The quantitative estimate of drug-likeness (QED) is 0.923. The van der Waals surface area contributed by atoms with Crippen LogP contribution in [-0.2, 0) is 4.79 Å². The molecule has 20 heavy (non-hydrogen) atoms. The van der Waals surface area contributed by atoms with Crippen LogP contribution in [0.3, 0.4) is 0 Å². The van der Waals surface area contributed by atoms with Crippen LogP contribution in [0.4, 0.5) is 5.69 Å². The van der Waals surface area contributed by atoms with Crippen LogP contribution in [-0.4, -0.2) is 28.5 Å². The average Bonchev–Trinajstić information content (AvgIpc) is 2.45. The Balaban J connectivity index is 2.40. The second kappa shape index (κ2) is 5.97. The molecule has 0 aliphatic heterocycles.